The second-order valence-electron chi connectivity index (χ2n) is 4.93. The maximum absolute atomic E-state index is 6.18. The lowest BCUT2D eigenvalue weighted by Gasteiger charge is -2.36. The topological polar surface area (TPSA) is 47.1 Å². The van der Waals surface area contributed by atoms with Crippen LogP contribution in [0, 0.1) is 0 Å². The van der Waals surface area contributed by atoms with E-state index in [4.69, 9.17) is 5.73 Å². The fourth-order valence-corrected chi connectivity index (χ4v) is 3.30. The molecule has 0 saturated carbocycles. The Morgan fingerprint density at radius 2 is 2.22 bits per heavy atom. The fourth-order valence-electron chi connectivity index (χ4n) is 2.45. The molecule has 0 aliphatic heterocycles. The largest absolute Gasteiger partial charge is 0.326 e. The van der Waals surface area contributed by atoms with Crippen molar-refractivity contribution in [2.75, 3.05) is 19.1 Å². The molecule has 1 aromatic rings. The smallest absolute Gasteiger partial charge is 0.0538 e. The summed E-state index contributed by atoms with van der Waals surface area (Å²) in [4.78, 5) is 2.40. The molecule has 3 atom stereocenters. The van der Waals surface area contributed by atoms with Crippen molar-refractivity contribution in [3.05, 3.63) is 18.0 Å². The van der Waals surface area contributed by atoms with Crippen molar-refractivity contribution >= 4 is 11.8 Å². The molecule has 18 heavy (non-hydrogen) atoms. The first kappa shape index (κ1) is 15.5. The summed E-state index contributed by atoms with van der Waals surface area (Å²) >= 11 is 1.89. The van der Waals surface area contributed by atoms with E-state index in [1.165, 1.54) is 5.56 Å². The first-order valence-electron chi connectivity index (χ1n) is 6.46. The number of likely N-dealkylation sites (N-methyl/N-ethyl adjacent to an activating group) is 1. The van der Waals surface area contributed by atoms with Gasteiger partial charge in [0.05, 0.1) is 12.2 Å². The van der Waals surface area contributed by atoms with Crippen LogP contribution in [0.5, 0.6) is 0 Å². The van der Waals surface area contributed by atoms with Gasteiger partial charge in [0.15, 0.2) is 0 Å². The average molecular weight is 270 g/mol. The average Bonchev–Trinajstić information content (AvgIpc) is 2.72. The molecule has 0 bridgehead atoms. The van der Waals surface area contributed by atoms with E-state index in [1.54, 1.807) is 0 Å². The second-order valence-corrected chi connectivity index (χ2v) is 5.84. The molecule has 104 valence electrons. The summed E-state index contributed by atoms with van der Waals surface area (Å²) < 4.78 is 1.84. The van der Waals surface area contributed by atoms with Crippen LogP contribution in [0.3, 0.4) is 0 Å². The van der Waals surface area contributed by atoms with Gasteiger partial charge in [-0.3, -0.25) is 9.58 Å². The Balaban J connectivity index is 2.90. The van der Waals surface area contributed by atoms with Crippen LogP contribution in [0.15, 0.2) is 12.4 Å². The molecular formula is C13H26N4S. The highest BCUT2D eigenvalue weighted by Gasteiger charge is 2.26. The van der Waals surface area contributed by atoms with Gasteiger partial charge in [-0.2, -0.15) is 16.9 Å². The molecular weight excluding hydrogens is 244 g/mol. The third-order valence-electron chi connectivity index (χ3n) is 3.41. The molecule has 0 aromatic carbocycles. The normalized spacial score (nSPS) is 16.8. The van der Waals surface area contributed by atoms with Crippen molar-refractivity contribution in [1.82, 2.24) is 14.7 Å². The molecule has 1 rings (SSSR count). The van der Waals surface area contributed by atoms with Crippen molar-refractivity contribution in [3.63, 3.8) is 0 Å². The van der Waals surface area contributed by atoms with Gasteiger partial charge in [0, 0.05) is 36.6 Å². The van der Waals surface area contributed by atoms with Crippen molar-refractivity contribution in [2.45, 2.75) is 38.4 Å². The Bertz CT molecular complexity index is 351. The van der Waals surface area contributed by atoms with Gasteiger partial charge in [0.1, 0.15) is 0 Å². The summed E-state index contributed by atoms with van der Waals surface area (Å²) in [6, 6.07) is 0.877. The molecule has 0 amide bonds. The lowest BCUT2D eigenvalue weighted by molar-refractivity contribution is 0.164. The van der Waals surface area contributed by atoms with Gasteiger partial charge >= 0.3 is 0 Å². The zero-order valence-electron chi connectivity index (χ0n) is 12.1. The van der Waals surface area contributed by atoms with Gasteiger partial charge in [-0.15, -0.1) is 0 Å². The third kappa shape index (κ3) is 3.73. The molecule has 5 heteroatoms. The summed E-state index contributed by atoms with van der Waals surface area (Å²) in [6.07, 6.45) is 7.29. The standard InChI is InChI=1S/C13H26N4S/c1-6-12(9-18-5)17(4)13(10(2)14)11-7-15-16(3)8-11/h7-8,10,12-13H,6,9,14H2,1-5H3. The Morgan fingerprint density at radius 1 is 1.56 bits per heavy atom. The van der Waals surface area contributed by atoms with E-state index in [0.717, 1.165) is 12.2 Å². The Labute approximate surface area is 115 Å². The lowest BCUT2D eigenvalue weighted by atomic mass is 10.0. The number of nitrogens with two attached hydrogens (primary N) is 1. The number of rotatable bonds is 7. The molecule has 1 heterocycles. The summed E-state index contributed by atoms with van der Waals surface area (Å²) in [5.41, 5.74) is 7.39. The molecule has 4 nitrogen and oxygen atoms in total. The lowest BCUT2D eigenvalue weighted by Crippen LogP contribution is -2.43. The molecule has 1 aromatic heterocycles. The zero-order chi connectivity index (χ0) is 13.7. The van der Waals surface area contributed by atoms with Crippen LogP contribution in [0.4, 0.5) is 0 Å². The maximum Gasteiger partial charge on any atom is 0.0538 e. The van der Waals surface area contributed by atoms with E-state index in [2.05, 4.69) is 43.3 Å². The molecule has 3 unspecified atom stereocenters. The predicted molar refractivity (Wildman–Crippen MR) is 79.8 cm³/mol. The molecule has 0 aliphatic carbocycles. The van der Waals surface area contributed by atoms with Gasteiger partial charge in [0.2, 0.25) is 0 Å². The third-order valence-corrected chi connectivity index (χ3v) is 4.13. The van der Waals surface area contributed by atoms with E-state index < -0.39 is 0 Å². The van der Waals surface area contributed by atoms with Crippen LogP contribution in [0.1, 0.15) is 31.9 Å². The minimum atomic E-state index is 0.0927. The van der Waals surface area contributed by atoms with Gasteiger partial charge in [-0.25, -0.2) is 0 Å². The molecule has 0 aliphatic rings. The number of hydrogen-bond donors (Lipinski definition) is 1. The molecule has 0 radical (unpaired) electrons. The van der Waals surface area contributed by atoms with E-state index in [9.17, 15) is 0 Å². The van der Waals surface area contributed by atoms with Gasteiger partial charge < -0.3 is 5.73 Å². The first-order chi connectivity index (χ1) is 8.51. The number of nitrogens with zero attached hydrogens (tertiary/aromatic N) is 3. The molecule has 2 N–H and O–H groups in total. The highest BCUT2D eigenvalue weighted by Crippen LogP contribution is 2.25. The summed E-state index contributed by atoms with van der Waals surface area (Å²) in [6.45, 7) is 4.30. The minimum Gasteiger partial charge on any atom is -0.326 e. The van der Waals surface area contributed by atoms with Gasteiger partial charge in [-0.05, 0) is 26.6 Å². The van der Waals surface area contributed by atoms with Crippen LogP contribution >= 0.6 is 11.8 Å². The fraction of sp³-hybridized carbons (Fsp3) is 0.769. The summed E-state index contributed by atoms with van der Waals surface area (Å²) in [5.74, 6) is 1.14. The van der Waals surface area contributed by atoms with E-state index in [0.29, 0.717) is 6.04 Å². The Hall–Kier alpha value is -0.520. The quantitative estimate of drug-likeness (QED) is 0.822. The minimum absolute atomic E-state index is 0.0927. The first-order valence-corrected chi connectivity index (χ1v) is 7.85. The molecule has 0 fully saturated rings. The number of thioether (sulfide) groups is 1. The van der Waals surface area contributed by atoms with Crippen LogP contribution in [0.2, 0.25) is 0 Å². The maximum atomic E-state index is 6.18. The zero-order valence-corrected chi connectivity index (χ0v) is 12.9. The SMILES string of the molecule is CCC(CSC)N(C)C(c1cnn(C)c1)C(C)N. The Morgan fingerprint density at radius 3 is 2.61 bits per heavy atom. The predicted octanol–water partition coefficient (Wildman–Crippen LogP) is 1.88. The van der Waals surface area contributed by atoms with Crippen molar-refractivity contribution in [2.24, 2.45) is 12.8 Å². The number of aromatic nitrogens is 2. The van der Waals surface area contributed by atoms with Crippen molar-refractivity contribution in [3.8, 4) is 0 Å². The van der Waals surface area contributed by atoms with Crippen LogP contribution in [-0.4, -0.2) is 45.8 Å². The van der Waals surface area contributed by atoms with Gasteiger partial charge in [0.25, 0.3) is 0 Å². The van der Waals surface area contributed by atoms with Crippen LogP contribution in [0.25, 0.3) is 0 Å². The van der Waals surface area contributed by atoms with Crippen LogP contribution in [-0.2, 0) is 7.05 Å². The number of hydrogen-bond acceptors (Lipinski definition) is 4. The van der Waals surface area contributed by atoms with E-state index >= 15 is 0 Å². The second kappa shape index (κ2) is 7.16. The van der Waals surface area contributed by atoms with Crippen LogP contribution < -0.4 is 5.73 Å². The van der Waals surface area contributed by atoms with Crippen molar-refractivity contribution in [1.29, 1.82) is 0 Å². The van der Waals surface area contributed by atoms with E-state index in [1.807, 2.05) is 29.7 Å². The highest BCUT2D eigenvalue weighted by molar-refractivity contribution is 7.98. The monoisotopic (exact) mass is 270 g/mol. The summed E-state index contributed by atoms with van der Waals surface area (Å²) in [5, 5.41) is 4.26. The van der Waals surface area contributed by atoms with Gasteiger partial charge in [-0.1, -0.05) is 6.92 Å². The summed E-state index contributed by atoms with van der Waals surface area (Å²) in [7, 11) is 4.12. The highest BCUT2D eigenvalue weighted by atomic mass is 32.2. The Kier molecular flexibility index (Phi) is 6.18. The number of aryl methyl sites for hydroxylation is 1. The van der Waals surface area contributed by atoms with Crippen molar-refractivity contribution < 1.29 is 0 Å². The molecule has 0 saturated heterocycles. The molecule has 0 spiro atoms. The van der Waals surface area contributed by atoms with E-state index in [-0.39, 0.29) is 12.1 Å².